The SMILES string of the molecule is CCc1ncnc(N2CCCC(CO)(CCCc3ccccc3)C2)c1F. The lowest BCUT2D eigenvalue weighted by Gasteiger charge is -2.42. The normalized spacial score (nSPS) is 20.3. The second kappa shape index (κ2) is 8.58. The molecule has 1 aromatic heterocycles. The number of aryl methyl sites for hydroxylation is 2. The molecule has 0 spiro atoms. The van der Waals surface area contributed by atoms with Crippen LogP contribution in [-0.4, -0.2) is 34.8 Å². The summed E-state index contributed by atoms with van der Waals surface area (Å²) >= 11 is 0. The molecule has 1 aliphatic rings. The maximum atomic E-state index is 14.7. The number of halogens is 1. The molecule has 1 aromatic carbocycles. The molecule has 1 N–H and O–H groups in total. The van der Waals surface area contributed by atoms with Crippen molar-refractivity contribution in [3.8, 4) is 0 Å². The molecular weight excluding hydrogens is 329 g/mol. The number of aliphatic hydroxyl groups is 1. The highest BCUT2D eigenvalue weighted by molar-refractivity contribution is 5.42. The van der Waals surface area contributed by atoms with E-state index < -0.39 is 0 Å². The Balaban J connectivity index is 1.68. The van der Waals surface area contributed by atoms with Crippen molar-refractivity contribution in [3.05, 3.63) is 53.7 Å². The number of rotatable bonds is 7. The second-order valence-electron chi connectivity index (χ2n) is 7.33. The summed E-state index contributed by atoms with van der Waals surface area (Å²) in [4.78, 5) is 10.2. The molecule has 4 nitrogen and oxygen atoms in total. The number of hydrogen-bond acceptors (Lipinski definition) is 4. The Morgan fingerprint density at radius 2 is 2.04 bits per heavy atom. The third kappa shape index (κ3) is 4.21. The van der Waals surface area contributed by atoms with Gasteiger partial charge >= 0.3 is 0 Å². The molecular formula is C21H28FN3O. The van der Waals surface area contributed by atoms with Crippen LogP contribution in [0.25, 0.3) is 0 Å². The van der Waals surface area contributed by atoms with Crippen LogP contribution in [0.15, 0.2) is 36.7 Å². The average Bonchev–Trinajstić information content (AvgIpc) is 2.69. The Bertz CT molecular complexity index is 710. The van der Waals surface area contributed by atoms with Crippen LogP contribution in [0, 0.1) is 11.2 Å². The van der Waals surface area contributed by atoms with Gasteiger partial charge in [-0.25, -0.2) is 14.4 Å². The second-order valence-corrected chi connectivity index (χ2v) is 7.33. The summed E-state index contributed by atoms with van der Waals surface area (Å²) in [6.45, 7) is 3.45. The predicted octanol–water partition coefficient (Wildman–Crippen LogP) is 3.78. The number of piperidine rings is 1. The van der Waals surface area contributed by atoms with Gasteiger partial charge in [-0.15, -0.1) is 0 Å². The molecule has 1 fully saturated rings. The fraction of sp³-hybridized carbons (Fsp3) is 0.524. The van der Waals surface area contributed by atoms with Crippen molar-refractivity contribution in [1.29, 1.82) is 0 Å². The summed E-state index contributed by atoms with van der Waals surface area (Å²) in [5.41, 5.74) is 1.60. The van der Waals surface area contributed by atoms with Crippen LogP contribution in [0.3, 0.4) is 0 Å². The zero-order valence-corrected chi connectivity index (χ0v) is 15.5. The van der Waals surface area contributed by atoms with Gasteiger partial charge in [-0.2, -0.15) is 0 Å². The molecule has 0 saturated carbocycles. The van der Waals surface area contributed by atoms with Crippen LogP contribution in [0.4, 0.5) is 10.2 Å². The third-order valence-corrected chi connectivity index (χ3v) is 5.49. The Hall–Kier alpha value is -2.01. The summed E-state index contributed by atoms with van der Waals surface area (Å²) < 4.78 is 14.7. The average molecular weight is 357 g/mol. The molecule has 2 heterocycles. The topological polar surface area (TPSA) is 49.2 Å². The standard InChI is InChI=1S/C21H28FN3O/c1-2-18-19(22)20(24-16-23-18)25-13-7-12-21(14-25,15-26)11-6-10-17-8-4-3-5-9-17/h3-5,8-9,16,26H,2,6-7,10-15H2,1H3. The first-order chi connectivity index (χ1) is 12.7. The van der Waals surface area contributed by atoms with Gasteiger partial charge in [0.15, 0.2) is 11.6 Å². The lowest BCUT2D eigenvalue weighted by Crippen LogP contribution is -2.46. The molecule has 0 bridgehead atoms. The maximum Gasteiger partial charge on any atom is 0.187 e. The Morgan fingerprint density at radius 1 is 1.23 bits per heavy atom. The smallest absolute Gasteiger partial charge is 0.187 e. The summed E-state index contributed by atoms with van der Waals surface area (Å²) in [6, 6.07) is 10.4. The molecule has 5 heteroatoms. The predicted molar refractivity (Wildman–Crippen MR) is 102 cm³/mol. The van der Waals surface area contributed by atoms with E-state index >= 15 is 0 Å². The van der Waals surface area contributed by atoms with Crippen LogP contribution in [-0.2, 0) is 12.8 Å². The van der Waals surface area contributed by atoms with Crippen molar-refractivity contribution in [2.75, 3.05) is 24.6 Å². The molecule has 1 atom stereocenters. The molecule has 0 amide bonds. The van der Waals surface area contributed by atoms with Gasteiger partial charge in [0.25, 0.3) is 0 Å². The minimum Gasteiger partial charge on any atom is -0.396 e. The molecule has 3 rings (SSSR count). The Kier molecular flexibility index (Phi) is 6.20. The van der Waals surface area contributed by atoms with Crippen molar-refractivity contribution in [1.82, 2.24) is 9.97 Å². The van der Waals surface area contributed by atoms with Crippen molar-refractivity contribution in [3.63, 3.8) is 0 Å². The van der Waals surface area contributed by atoms with Gasteiger partial charge in [-0.3, -0.25) is 0 Å². The van der Waals surface area contributed by atoms with E-state index in [1.807, 2.05) is 17.9 Å². The quantitative estimate of drug-likeness (QED) is 0.819. The lowest BCUT2D eigenvalue weighted by atomic mass is 9.76. The fourth-order valence-electron chi connectivity index (χ4n) is 3.98. The van der Waals surface area contributed by atoms with E-state index in [0.717, 1.165) is 38.6 Å². The van der Waals surface area contributed by atoms with Gasteiger partial charge in [-0.1, -0.05) is 37.3 Å². The summed E-state index contributed by atoms with van der Waals surface area (Å²) in [5.74, 6) is 0.0745. The fourth-order valence-corrected chi connectivity index (χ4v) is 3.98. The van der Waals surface area contributed by atoms with Gasteiger partial charge in [0.2, 0.25) is 0 Å². The zero-order valence-electron chi connectivity index (χ0n) is 15.5. The van der Waals surface area contributed by atoms with E-state index in [9.17, 15) is 9.50 Å². The van der Waals surface area contributed by atoms with Crippen LogP contribution in [0.1, 0.15) is 43.9 Å². The Labute approximate surface area is 155 Å². The third-order valence-electron chi connectivity index (χ3n) is 5.49. The van der Waals surface area contributed by atoms with E-state index in [1.165, 1.54) is 11.9 Å². The van der Waals surface area contributed by atoms with Gasteiger partial charge in [-0.05, 0) is 44.1 Å². The Morgan fingerprint density at radius 3 is 2.77 bits per heavy atom. The maximum absolute atomic E-state index is 14.7. The lowest BCUT2D eigenvalue weighted by molar-refractivity contribution is 0.0936. The van der Waals surface area contributed by atoms with Crippen LogP contribution in [0.2, 0.25) is 0 Å². The van der Waals surface area contributed by atoms with Gasteiger partial charge in [0.05, 0.1) is 12.3 Å². The minimum absolute atomic E-state index is 0.131. The number of aromatic nitrogens is 2. The largest absolute Gasteiger partial charge is 0.396 e. The minimum atomic E-state index is -0.312. The van der Waals surface area contributed by atoms with Crippen LogP contribution < -0.4 is 4.90 Å². The number of nitrogens with zero attached hydrogens (tertiary/aromatic N) is 3. The number of anilines is 1. The van der Waals surface area contributed by atoms with Crippen LogP contribution >= 0.6 is 0 Å². The molecule has 2 aromatic rings. The first-order valence-corrected chi connectivity index (χ1v) is 9.56. The van der Waals surface area contributed by atoms with Crippen molar-refractivity contribution >= 4 is 5.82 Å². The highest BCUT2D eigenvalue weighted by atomic mass is 19.1. The highest BCUT2D eigenvalue weighted by Gasteiger charge is 2.36. The molecule has 1 saturated heterocycles. The van der Waals surface area contributed by atoms with E-state index in [2.05, 4.69) is 34.2 Å². The van der Waals surface area contributed by atoms with Crippen LogP contribution in [0.5, 0.6) is 0 Å². The first-order valence-electron chi connectivity index (χ1n) is 9.56. The zero-order chi connectivity index (χ0) is 18.4. The van der Waals surface area contributed by atoms with Crippen molar-refractivity contribution in [2.24, 2.45) is 5.41 Å². The number of aliphatic hydroxyl groups excluding tert-OH is 1. The molecule has 140 valence electrons. The molecule has 1 unspecified atom stereocenters. The van der Waals surface area contributed by atoms with Gasteiger partial charge in [0, 0.05) is 18.5 Å². The van der Waals surface area contributed by atoms with E-state index in [4.69, 9.17) is 0 Å². The summed E-state index contributed by atoms with van der Waals surface area (Å²) in [6.07, 6.45) is 6.87. The van der Waals surface area contributed by atoms with Gasteiger partial charge < -0.3 is 10.0 Å². The molecule has 1 aliphatic heterocycles. The van der Waals surface area contributed by atoms with Gasteiger partial charge in [0.1, 0.15) is 6.33 Å². The van der Waals surface area contributed by atoms with Crippen molar-refractivity contribution in [2.45, 2.75) is 45.4 Å². The van der Waals surface area contributed by atoms with E-state index in [0.29, 0.717) is 24.5 Å². The highest BCUT2D eigenvalue weighted by Crippen LogP contribution is 2.37. The summed E-state index contributed by atoms with van der Waals surface area (Å²) in [7, 11) is 0. The molecule has 0 aliphatic carbocycles. The molecule has 0 radical (unpaired) electrons. The molecule has 26 heavy (non-hydrogen) atoms. The van der Waals surface area contributed by atoms with E-state index in [-0.39, 0.29) is 17.8 Å². The summed E-state index contributed by atoms with van der Waals surface area (Å²) in [5, 5.41) is 10.1. The number of hydrogen-bond donors (Lipinski definition) is 1. The number of benzene rings is 1. The monoisotopic (exact) mass is 357 g/mol. The van der Waals surface area contributed by atoms with E-state index in [1.54, 1.807) is 0 Å². The first kappa shape index (κ1) is 18.8. The van der Waals surface area contributed by atoms with Crippen molar-refractivity contribution < 1.29 is 9.50 Å².